The van der Waals surface area contributed by atoms with Crippen molar-refractivity contribution in [3.8, 4) is 0 Å². The molecule has 0 bridgehead atoms. The first-order valence-electron chi connectivity index (χ1n) is 8.37. The number of benzene rings is 2. The van der Waals surface area contributed by atoms with E-state index < -0.39 is 0 Å². The molecule has 0 spiro atoms. The number of ketones is 1. The lowest BCUT2D eigenvalue weighted by Crippen LogP contribution is -2.14. The molecule has 0 unspecified atom stereocenters. The van der Waals surface area contributed by atoms with Crippen LogP contribution < -0.4 is 5.32 Å². The number of nitrogens with one attached hydrogen (secondary N) is 2. The van der Waals surface area contributed by atoms with Crippen molar-refractivity contribution in [1.82, 2.24) is 4.98 Å². The number of aromatic nitrogens is 1. The third-order valence-corrected chi connectivity index (χ3v) is 4.87. The molecular formula is C20H18BrClN2O2. The standard InChI is InChI=1S/C20H18BrClN2O2/c21-11-5-4-8-17(25)24-18-15-10-9-14(22)12-16(15)23-19(18)20(26)13-6-2-1-3-7-13/h1-3,6-7,9-10,12,23H,4-5,8,11H2,(H,24,25). The number of aromatic amines is 1. The fourth-order valence-corrected chi connectivity index (χ4v) is 3.35. The van der Waals surface area contributed by atoms with Crippen LogP contribution in [-0.4, -0.2) is 22.0 Å². The minimum absolute atomic E-state index is 0.107. The highest BCUT2D eigenvalue weighted by atomic mass is 79.9. The van der Waals surface area contributed by atoms with Crippen molar-refractivity contribution in [3.05, 3.63) is 64.8 Å². The maximum absolute atomic E-state index is 12.9. The number of anilines is 1. The average Bonchev–Trinajstić information content (AvgIpc) is 2.99. The van der Waals surface area contributed by atoms with Crippen LogP contribution in [0.4, 0.5) is 5.69 Å². The highest BCUT2D eigenvalue weighted by Crippen LogP contribution is 2.31. The highest BCUT2D eigenvalue weighted by Gasteiger charge is 2.20. The number of hydrogen-bond donors (Lipinski definition) is 2. The van der Waals surface area contributed by atoms with E-state index in [0.29, 0.717) is 33.9 Å². The molecule has 4 nitrogen and oxygen atoms in total. The quantitative estimate of drug-likeness (QED) is 0.291. The molecule has 2 aromatic carbocycles. The van der Waals surface area contributed by atoms with Gasteiger partial charge in [-0.05, 0) is 31.0 Å². The van der Waals surface area contributed by atoms with Crippen LogP contribution >= 0.6 is 27.5 Å². The molecule has 1 aromatic heterocycles. The summed E-state index contributed by atoms with van der Waals surface area (Å²) in [4.78, 5) is 28.4. The minimum Gasteiger partial charge on any atom is -0.350 e. The van der Waals surface area contributed by atoms with Crippen molar-refractivity contribution >= 4 is 55.8 Å². The van der Waals surface area contributed by atoms with Gasteiger partial charge in [0.25, 0.3) is 0 Å². The third kappa shape index (κ3) is 4.17. The third-order valence-electron chi connectivity index (χ3n) is 4.08. The van der Waals surface area contributed by atoms with Gasteiger partial charge in [-0.1, -0.05) is 57.9 Å². The Kier molecular flexibility index (Phi) is 6.12. The number of alkyl halides is 1. The molecule has 0 saturated carbocycles. The predicted octanol–water partition coefficient (Wildman–Crippen LogP) is 5.56. The number of fused-ring (bicyclic) bond motifs is 1. The van der Waals surface area contributed by atoms with Gasteiger partial charge in [-0.15, -0.1) is 0 Å². The van der Waals surface area contributed by atoms with Gasteiger partial charge in [-0.3, -0.25) is 9.59 Å². The minimum atomic E-state index is -0.173. The number of halogens is 2. The topological polar surface area (TPSA) is 62.0 Å². The van der Waals surface area contributed by atoms with Crippen LogP contribution in [0.2, 0.25) is 5.02 Å². The SMILES string of the molecule is O=C(CCCCBr)Nc1c(C(=O)c2ccccc2)[nH]c2cc(Cl)ccc12. The van der Waals surface area contributed by atoms with E-state index in [1.165, 1.54) is 0 Å². The van der Waals surface area contributed by atoms with Gasteiger partial charge in [0.05, 0.1) is 5.69 Å². The fourth-order valence-electron chi connectivity index (χ4n) is 2.79. The summed E-state index contributed by atoms with van der Waals surface area (Å²) in [6.07, 6.45) is 2.12. The van der Waals surface area contributed by atoms with Gasteiger partial charge >= 0.3 is 0 Å². The molecule has 0 atom stereocenters. The first-order valence-corrected chi connectivity index (χ1v) is 9.87. The van der Waals surface area contributed by atoms with Crippen LogP contribution in [0.5, 0.6) is 0 Å². The predicted molar refractivity (Wildman–Crippen MR) is 109 cm³/mol. The van der Waals surface area contributed by atoms with Crippen molar-refractivity contribution < 1.29 is 9.59 Å². The lowest BCUT2D eigenvalue weighted by atomic mass is 10.1. The molecule has 0 aliphatic heterocycles. The molecule has 1 amide bonds. The molecule has 3 rings (SSSR count). The van der Waals surface area contributed by atoms with E-state index in [4.69, 9.17) is 11.6 Å². The Morgan fingerprint density at radius 1 is 1.08 bits per heavy atom. The van der Waals surface area contributed by atoms with Crippen LogP contribution in [0.15, 0.2) is 48.5 Å². The normalized spacial score (nSPS) is 10.8. The van der Waals surface area contributed by atoms with Crippen LogP contribution in [0, 0.1) is 0 Å². The summed E-state index contributed by atoms with van der Waals surface area (Å²) in [5.74, 6) is -0.280. The molecule has 1 heterocycles. The molecule has 0 fully saturated rings. The number of rotatable bonds is 7. The smallest absolute Gasteiger partial charge is 0.224 e. The Hall–Kier alpha value is -2.11. The Bertz CT molecular complexity index is 938. The first kappa shape index (κ1) is 18.7. The van der Waals surface area contributed by atoms with Crippen LogP contribution in [0.1, 0.15) is 35.3 Å². The van der Waals surface area contributed by atoms with E-state index in [2.05, 4.69) is 26.2 Å². The summed E-state index contributed by atoms with van der Waals surface area (Å²) in [5, 5.41) is 5.11. The summed E-state index contributed by atoms with van der Waals surface area (Å²) in [7, 11) is 0. The molecule has 0 radical (unpaired) electrons. The second-order valence-corrected chi connectivity index (χ2v) is 7.18. The molecule has 0 aliphatic rings. The second-order valence-electron chi connectivity index (χ2n) is 5.95. The Morgan fingerprint density at radius 2 is 1.85 bits per heavy atom. The lowest BCUT2D eigenvalue weighted by molar-refractivity contribution is -0.116. The number of carbonyl (C=O) groups is 2. The molecule has 0 saturated heterocycles. The van der Waals surface area contributed by atoms with Crippen LogP contribution in [-0.2, 0) is 4.79 Å². The number of H-pyrrole nitrogens is 1. The van der Waals surface area contributed by atoms with E-state index in [9.17, 15) is 9.59 Å². The van der Waals surface area contributed by atoms with Gasteiger partial charge < -0.3 is 10.3 Å². The van der Waals surface area contributed by atoms with Gasteiger partial charge in [-0.2, -0.15) is 0 Å². The largest absolute Gasteiger partial charge is 0.350 e. The molecule has 134 valence electrons. The molecule has 6 heteroatoms. The Morgan fingerprint density at radius 3 is 2.58 bits per heavy atom. The van der Waals surface area contributed by atoms with Crippen molar-refractivity contribution in [2.24, 2.45) is 0 Å². The van der Waals surface area contributed by atoms with Gasteiger partial charge in [-0.25, -0.2) is 0 Å². The zero-order valence-electron chi connectivity index (χ0n) is 14.0. The summed E-state index contributed by atoms with van der Waals surface area (Å²) < 4.78 is 0. The Labute approximate surface area is 165 Å². The van der Waals surface area contributed by atoms with E-state index in [0.717, 1.165) is 23.6 Å². The van der Waals surface area contributed by atoms with Crippen LogP contribution in [0.3, 0.4) is 0 Å². The zero-order valence-corrected chi connectivity index (χ0v) is 16.4. The summed E-state index contributed by atoms with van der Waals surface area (Å²) in [5.41, 5.74) is 2.14. The van der Waals surface area contributed by atoms with Crippen molar-refractivity contribution in [2.45, 2.75) is 19.3 Å². The van der Waals surface area contributed by atoms with E-state index in [1.54, 1.807) is 24.3 Å². The van der Waals surface area contributed by atoms with E-state index in [1.807, 2.05) is 24.3 Å². The molecule has 26 heavy (non-hydrogen) atoms. The van der Waals surface area contributed by atoms with Crippen molar-refractivity contribution in [1.29, 1.82) is 0 Å². The fraction of sp³-hybridized carbons (Fsp3) is 0.200. The number of hydrogen-bond acceptors (Lipinski definition) is 2. The highest BCUT2D eigenvalue weighted by molar-refractivity contribution is 9.09. The van der Waals surface area contributed by atoms with Gasteiger partial charge in [0.1, 0.15) is 5.69 Å². The first-order chi connectivity index (χ1) is 12.6. The number of carbonyl (C=O) groups excluding carboxylic acids is 2. The maximum Gasteiger partial charge on any atom is 0.224 e. The maximum atomic E-state index is 12.9. The van der Waals surface area contributed by atoms with Gasteiger partial charge in [0.15, 0.2) is 0 Å². The average molecular weight is 434 g/mol. The van der Waals surface area contributed by atoms with Crippen molar-refractivity contribution in [2.75, 3.05) is 10.6 Å². The zero-order chi connectivity index (χ0) is 18.5. The van der Waals surface area contributed by atoms with Crippen LogP contribution in [0.25, 0.3) is 10.9 Å². The second kappa shape index (κ2) is 8.52. The Balaban J connectivity index is 1.99. The van der Waals surface area contributed by atoms with Gasteiger partial charge in [0.2, 0.25) is 11.7 Å². The number of unbranched alkanes of at least 4 members (excludes halogenated alkanes) is 1. The summed E-state index contributed by atoms with van der Waals surface area (Å²) in [6, 6.07) is 14.3. The summed E-state index contributed by atoms with van der Waals surface area (Å²) in [6.45, 7) is 0. The summed E-state index contributed by atoms with van der Waals surface area (Å²) >= 11 is 9.43. The lowest BCUT2D eigenvalue weighted by Gasteiger charge is -2.07. The monoisotopic (exact) mass is 432 g/mol. The van der Waals surface area contributed by atoms with E-state index >= 15 is 0 Å². The van der Waals surface area contributed by atoms with Gasteiger partial charge in [0, 0.05) is 33.2 Å². The number of amides is 1. The van der Waals surface area contributed by atoms with E-state index in [-0.39, 0.29) is 11.7 Å². The van der Waals surface area contributed by atoms with Crippen molar-refractivity contribution in [3.63, 3.8) is 0 Å². The molecule has 3 aromatic rings. The molecular weight excluding hydrogens is 416 g/mol. The molecule has 2 N–H and O–H groups in total. The molecule has 0 aliphatic carbocycles.